The maximum Gasteiger partial charge on any atom is 0.295 e. The van der Waals surface area contributed by atoms with Gasteiger partial charge >= 0.3 is 0 Å². The van der Waals surface area contributed by atoms with Gasteiger partial charge in [-0.25, -0.2) is 0 Å². The van der Waals surface area contributed by atoms with Crippen LogP contribution >= 0.6 is 23.2 Å². The second-order valence-electron chi connectivity index (χ2n) is 7.19. The highest BCUT2D eigenvalue weighted by Gasteiger charge is 2.45. The zero-order valence-corrected chi connectivity index (χ0v) is 17.7. The molecule has 1 fully saturated rings. The normalized spacial score (nSPS) is 18.7. The molecule has 0 aromatic heterocycles. The van der Waals surface area contributed by atoms with Gasteiger partial charge in [-0.05, 0) is 44.8 Å². The van der Waals surface area contributed by atoms with Crippen molar-refractivity contribution in [3.8, 4) is 0 Å². The van der Waals surface area contributed by atoms with E-state index in [1.165, 1.54) is 4.90 Å². The number of carbonyl (C=O) groups excluding carboxylic acids is 2. The topological polar surface area (TPSA) is 60.9 Å². The molecule has 1 saturated heterocycles. The Morgan fingerprint density at radius 1 is 1.07 bits per heavy atom. The lowest BCUT2D eigenvalue weighted by atomic mass is 9.95. The molecule has 1 atom stereocenters. The predicted molar refractivity (Wildman–Crippen MR) is 115 cm³/mol. The van der Waals surface area contributed by atoms with Gasteiger partial charge in [0.2, 0.25) is 0 Å². The average Bonchev–Trinajstić information content (AvgIpc) is 2.95. The van der Waals surface area contributed by atoms with Crippen LogP contribution in [0.25, 0.3) is 5.76 Å². The van der Waals surface area contributed by atoms with Crippen molar-refractivity contribution in [3.05, 3.63) is 75.3 Å². The molecule has 1 heterocycles. The smallest absolute Gasteiger partial charge is 0.295 e. The van der Waals surface area contributed by atoms with E-state index in [9.17, 15) is 14.7 Å². The van der Waals surface area contributed by atoms with Crippen LogP contribution in [0.1, 0.15) is 23.6 Å². The van der Waals surface area contributed by atoms with Crippen LogP contribution in [-0.2, 0) is 9.59 Å². The summed E-state index contributed by atoms with van der Waals surface area (Å²) < 4.78 is 0. The molecule has 0 saturated carbocycles. The molecule has 1 aliphatic heterocycles. The van der Waals surface area contributed by atoms with Gasteiger partial charge in [-0.3, -0.25) is 9.59 Å². The number of ketones is 1. The van der Waals surface area contributed by atoms with Crippen LogP contribution in [0.4, 0.5) is 0 Å². The Bertz CT molecular complexity index is 958. The summed E-state index contributed by atoms with van der Waals surface area (Å²) in [6.07, 6.45) is 0.684. The molecule has 29 heavy (non-hydrogen) atoms. The summed E-state index contributed by atoms with van der Waals surface area (Å²) in [5.74, 6) is -1.53. The number of hydrogen-bond donors (Lipinski definition) is 1. The molecule has 1 N–H and O–H groups in total. The van der Waals surface area contributed by atoms with E-state index in [-0.39, 0.29) is 11.3 Å². The molecule has 3 rings (SSSR count). The lowest BCUT2D eigenvalue weighted by Crippen LogP contribution is -2.32. The molecule has 0 radical (unpaired) electrons. The Morgan fingerprint density at radius 3 is 2.38 bits per heavy atom. The Hall–Kier alpha value is -2.34. The van der Waals surface area contributed by atoms with E-state index in [1.54, 1.807) is 42.5 Å². The van der Waals surface area contributed by atoms with Crippen molar-refractivity contribution in [3.63, 3.8) is 0 Å². The average molecular weight is 433 g/mol. The Morgan fingerprint density at radius 2 is 1.76 bits per heavy atom. The lowest BCUT2D eigenvalue weighted by molar-refractivity contribution is -0.139. The quantitative estimate of drug-likeness (QED) is 0.418. The van der Waals surface area contributed by atoms with Crippen molar-refractivity contribution in [1.82, 2.24) is 9.80 Å². The van der Waals surface area contributed by atoms with E-state index >= 15 is 0 Å². The van der Waals surface area contributed by atoms with E-state index < -0.39 is 17.7 Å². The fourth-order valence-corrected chi connectivity index (χ4v) is 3.75. The lowest BCUT2D eigenvalue weighted by Gasteiger charge is -2.26. The molecule has 7 heteroatoms. The van der Waals surface area contributed by atoms with Gasteiger partial charge in [0.05, 0.1) is 21.7 Å². The third-order valence-corrected chi connectivity index (χ3v) is 5.59. The van der Waals surface area contributed by atoms with E-state index in [1.807, 2.05) is 25.1 Å². The van der Waals surface area contributed by atoms with E-state index in [2.05, 4.69) is 0 Å². The van der Waals surface area contributed by atoms with Gasteiger partial charge in [-0.1, -0.05) is 59.6 Å². The number of nitrogens with zero attached hydrogens (tertiary/aromatic N) is 2. The second kappa shape index (κ2) is 8.99. The van der Waals surface area contributed by atoms with Gasteiger partial charge in [0.1, 0.15) is 5.76 Å². The van der Waals surface area contributed by atoms with Gasteiger partial charge in [-0.2, -0.15) is 0 Å². The zero-order chi connectivity index (χ0) is 21.1. The number of halogens is 2. The minimum atomic E-state index is -0.730. The minimum absolute atomic E-state index is 0.0597. The fraction of sp³-hybridized carbons (Fsp3) is 0.273. The molecule has 1 aliphatic rings. The molecule has 2 aromatic carbocycles. The first-order valence-electron chi connectivity index (χ1n) is 9.24. The maximum atomic E-state index is 12.9. The highest BCUT2D eigenvalue weighted by molar-refractivity contribution is 6.46. The van der Waals surface area contributed by atoms with Crippen LogP contribution in [0, 0.1) is 0 Å². The molecule has 0 spiro atoms. The van der Waals surface area contributed by atoms with Crippen molar-refractivity contribution in [2.24, 2.45) is 0 Å². The maximum absolute atomic E-state index is 12.9. The number of carbonyl (C=O) groups is 2. The van der Waals surface area contributed by atoms with Crippen LogP contribution < -0.4 is 0 Å². The summed E-state index contributed by atoms with van der Waals surface area (Å²) in [5.41, 5.74) is 1.16. The highest BCUT2D eigenvalue weighted by atomic mass is 35.5. The minimum Gasteiger partial charge on any atom is -0.507 e. The van der Waals surface area contributed by atoms with Gasteiger partial charge in [0, 0.05) is 12.1 Å². The first-order valence-corrected chi connectivity index (χ1v) is 10.0. The number of aliphatic hydroxyl groups excluding tert-OH is 1. The predicted octanol–water partition coefficient (Wildman–Crippen LogP) is 4.37. The summed E-state index contributed by atoms with van der Waals surface area (Å²) in [5, 5.41) is 11.6. The standard InChI is InChI=1S/C22H22Cl2N2O3/c1-25(2)11-6-12-26-19(15-9-10-16(23)17(24)13-15)18(21(28)22(26)29)20(27)14-7-4-3-5-8-14/h3-5,7-10,13,19,27H,6,11-12H2,1-2H3/b20-18+. The van der Waals surface area contributed by atoms with Crippen LogP contribution in [0.3, 0.4) is 0 Å². The number of benzene rings is 2. The summed E-state index contributed by atoms with van der Waals surface area (Å²) >= 11 is 12.2. The van der Waals surface area contributed by atoms with Gasteiger partial charge < -0.3 is 14.9 Å². The second-order valence-corrected chi connectivity index (χ2v) is 8.00. The van der Waals surface area contributed by atoms with E-state index in [4.69, 9.17) is 23.2 Å². The van der Waals surface area contributed by atoms with E-state index in [0.29, 0.717) is 34.1 Å². The van der Waals surface area contributed by atoms with Gasteiger partial charge in [0.25, 0.3) is 11.7 Å². The molecule has 5 nitrogen and oxygen atoms in total. The van der Waals surface area contributed by atoms with Crippen LogP contribution in [-0.4, -0.2) is 53.8 Å². The number of aliphatic hydroxyl groups is 1. The molecular formula is C22H22Cl2N2O3. The summed E-state index contributed by atoms with van der Waals surface area (Å²) in [6.45, 7) is 1.13. The fourth-order valence-electron chi connectivity index (χ4n) is 3.45. The highest BCUT2D eigenvalue weighted by Crippen LogP contribution is 2.40. The van der Waals surface area contributed by atoms with E-state index in [0.717, 1.165) is 6.54 Å². The van der Waals surface area contributed by atoms with Crippen LogP contribution in [0.15, 0.2) is 54.1 Å². The third kappa shape index (κ3) is 4.47. The number of rotatable bonds is 6. The SMILES string of the molecule is CN(C)CCCN1C(=O)C(=O)/C(=C(/O)c2ccccc2)C1c1ccc(Cl)c(Cl)c1. The first kappa shape index (κ1) is 21.4. The summed E-state index contributed by atoms with van der Waals surface area (Å²) in [6, 6.07) is 13.0. The molecule has 1 amide bonds. The Labute approximate surface area is 180 Å². The van der Waals surface area contributed by atoms with Crippen molar-refractivity contribution < 1.29 is 14.7 Å². The number of amides is 1. The molecule has 152 valence electrons. The first-order chi connectivity index (χ1) is 13.8. The van der Waals surface area contributed by atoms with Crippen molar-refractivity contribution in [2.75, 3.05) is 27.2 Å². The molecular weight excluding hydrogens is 411 g/mol. The van der Waals surface area contributed by atoms with Crippen LogP contribution in [0.5, 0.6) is 0 Å². The Kier molecular flexibility index (Phi) is 6.63. The molecule has 0 bridgehead atoms. The van der Waals surface area contributed by atoms with Crippen molar-refractivity contribution in [2.45, 2.75) is 12.5 Å². The van der Waals surface area contributed by atoms with Crippen molar-refractivity contribution >= 4 is 40.7 Å². The zero-order valence-electron chi connectivity index (χ0n) is 16.2. The number of Topliss-reactive ketones (excluding diaryl/α,β-unsaturated/α-hetero) is 1. The summed E-state index contributed by atoms with van der Waals surface area (Å²) in [4.78, 5) is 29.2. The number of likely N-dealkylation sites (tertiary alicyclic amines) is 1. The van der Waals surface area contributed by atoms with Gasteiger partial charge in [-0.15, -0.1) is 0 Å². The number of hydrogen-bond acceptors (Lipinski definition) is 4. The Balaban J connectivity index is 2.11. The van der Waals surface area contributed by atoms with Crippen molar-refractivity contribution in [1.29, 1.82) is 0 Å². The van der Waals surface area contributed by atoms with Crippen LogP contribution in [0.2, 0.25) is 10.0 Å². The largest absolute Gasteiger partial charge is 0.507 e. The van der Waals surface area contributed by atoms with Gasteiger partial charge in [0.15, 0.2) is 0 Å². The molecule has 0 aliphatic carbocycles. The third-order valence-electron chi connectivity index (χ3n) is 4.85. The molecule has 1 unspecified atom stereocenters. The monoisotopic (exact) mass is 432 g/mol. The molecule has 2 aromatic rings. The summed E-state index contributed by atoms with van der Waals surface area (Å²) in [7, 11) is 3.89.